The predicted octanol–water partition coefficient (Wildman–Crippen LogP) is 1.13. The summed E-state index contributed by atoms with van der Waals surface area (Å²) < 4.78 is 25.8. The van der Waals surface area contributed by atoms with E-state index in [9.17, 15) is 13.2 Å². The number of sulfonamides is 1. The van der Waals surface area contributed by atoms with Crippen molar-refractivity contribution in [1.82, 2.24) is 10.2 Å². The van der Waals surface area contributed by atoms with Crippen LogP contribution in [0.4, 0.5) is 5.69 Å². The van der Waals surface area contributed by atoms with Crippen molar-refractivity contribution in [2.45, 2.75) is 13.3 Å². The van der Waals surface area contributed by atoms with Crippen LogP contribution in [0.5, 0.6) is 0 Å². The summed E-state index contributed by atoms with van der Waals surface area (Å²) >= 11 is 0. The summed E-state index contributed by atoms with van der Waals surface area (Å²) in [4.78, 5) is 13.7. The standard InChI is InChI=1S/C14H23N3O3S/c1-4-11-21(19,20)16-13-7-5-12(6-8-13)14(18)17(3)10-9-15-2/h5-8,15-16H,4,9-11H2,1-3H3. The molecule has 0 saturated heterocycles. The van der Waals surface area contributed by atoms with Gasteiger partial charge in [-0.05, 0) is 37.7 Å². The normalized spacial score (nSPS) is 11.2. The van der Waals surface area contributed by atoms with E-state index in [-0.39, 0.29) is 11.7 Å². The van der Waals surface area contributed by atoms with Gasteiger partial charge in [-0.1, -0.05) is 6.92 Å². The fourth-order valence-electron chi connectivity index (χ4n) is 1.78. The molecule has 0 fully saturated rings. The van der Waals surface area contributed by atoms with Gasteiger partial charge < -0.3 is 10.2 Å². The minimum atomic E-state index is -3.30. The van der Waals surface area contributed by atoms with Gasteiger partial charge in [-0.2, -0.15) is 0 Å². The number of carbonyl (C=O) groups excluding carboxylic acids is 1. The van der Waals surface area contributed by atoms with E-state index in [1.807, 2.05) is 14.0 Å². The third-order valence-electron chi connectivity index (χ3n) is 2.92. The first-order valence-corrected chi connectivity index (χ1v) is 8.55. The molecule has 0 unspecified atom stereocenters. The van der Waals surface area contributed by atoms with E-state index in [1.54, 1.807) is 36.2 Å². The molecule has 1 aromatic carbocycles. The van der Waals surface area contributed by atoms with E-state index < -0.39 is 10.0 Å². The number of rotatable bonds is 8. The number of benzene rings is 1. The smallest absolute Gasteiger partial charge is 0.253 e. The van der Waals surface area contributed by atoms with Gasteiger partial charge in [0.05, 0.1) is 5.75 Å². The zero-order valence-corrected chi connectivity index (χ0v) is 13.5. The van der Waals surface area contributed by atoms with Crippen LogP contribution >= 0.6 is 0 Å². The highest BCUT2D eigenvalue weighted by molar-refractivity contribution is 7.92. The molecule has 7 heteroatoms. The molecule has 2 N–H and O–H groups in total. The Labute approximate surface area is 126 Å². The number of amides is 1. The molecule has 0 heterocycles. The quantitative estimate of drug-likeness (QED) is 0.754. The first-order valence-electron chi connectivity index (χ1n) is 6.90. The van der Waals surface area contributed by atoms with Gasteiger partial charge in [0.15, 0.2) is 0 Å². The van der Waals surface area contributed by atoms with Crippen LogP contribution in [0.3, 0.4) is 0 Å². The van der Waals surface area contributed by atoms with Crippen molar-refractivity contribution >= 4 is 21.6 Å². The Bertz CT molecular complexity index is 555. The second kappa shape index (κ2) is 7.99. The molecule has 1 amide bonds. The lowest BCUT2D eigenvalue weighted by Crippen LogP contribution is -2.32. The Balaban J connectivity index is 2.72. The summed E-state index contributed by atoms with van der Waals surface area (Å²) in [5.41, 5.74) is 1.00. The van der Waals surface area contributed by atoms with E-state index in [4.69, 9.17) is 0 Å². The first-order chi connectivity index (χ1) is 9.89. The van der Waals surface area contributed by atoms with Gasteiger partial charge >= 0.3 is 0 Å². The fourth-order valence-corrected chi connectivity index (χ4v) is 2.92. The Kier molecular flexibility index (Phi) is 6.64. The summed E-state index contributed by atoms with van der Waals surface area (Å²) in [6, 6.07) is 6.46. The third kappa shape index (κ3) is 5.73. The summed E-state index contributed by atoms with van der Waals surface area (Å²) in [7, 11) is 0.263. The van der Waals surface area contributed by atoms with E-state index >= 15 is 0 Å². The van der Waals surface area contributed by atoms with Gasteiger partial charge in [-0.3, -0.25) is 9.52 Å². The molecule has 21 heavy (non-hydrogen) atoms. The summed E-state index contributed by atoms with van der Waals surface area (Å²) in [6.45, 7) is 3.14. The molecule has 1 aromatic rings. The van der Waals surface area contributed by atoms with Gasteiger partial charge in [-0.15, -0.1) is 0 Å². The van der Waals surface area contributed by atoms with Gasteiger partial charge in [0.25, 0.3) is 5.91 Å². The molecular weight excluding hydrogens is 290 g/mol. The predicted molar refractivity (Wildman–Crippen MR) is 85.0 cm³/mol. The van der Waals surface area contributed by atoms with Crippen molar-refractivity contribution in [2.75, 3.05) is 37.7 Å². The van der Waals surface area contributed by atoms with Crippen molar-refractivity contribution in [3.05, 3.63) is 29.8 Å². The highest BCUT2D eigenvalue weighted by Gasteiger charge is 2.12. The molecular formula is C14H23N3O3S. The minimum absolute atomic E-state index is 0.0838. The highest BCUT2D eigenvalue weighted by Crippen LogP contribution is 2.13. The van der Waals surface area contributed by atoms with Crippen molar-refractivity contribution < 1.29 is 13.2 Å². The zero-order chi connectivity index (χ0) is 15.9. The second-order valence-corrected chi connectivity index (χ2v) is 6.67. The van der Waals surface area contributed by atoms with Gasteiger partial charge in [0.1, 0.15) is 0 Å². The Morgan fingerprint density at radius 1 is 1.24 bits per heavy atom. The molecule has 0 aliphatic heterocycles. The van der Waals surface area contributed by atoms with Crippen molar-refractivity contribution in [1.29, 1.82) is 0 Å². The number of hydrogen-bond donors (Lipinski definition) is 2. The Morgan fingerprint density at radius 2 is 1.86 bits per heavy atom. The zero-order valence-electron chi connectivity index (χ0n) is 12.7. The fraction of sp³-hybridized carbons (Fsp3) is 0.500. The highest BCUT2D eigenvalue weighted by atomic mass is 32.2. The number of nitrogens with one attached hydrogen (secondary N) is 2. The molecule has 0 saturated carbocycles. The lowest BCUT2D eigenvalue weighted by Gasteiger charge is -2.17. The Hall–Kier alpha value is -1.60. The molecule has 6 nitrogen and oxygen atoms in total. The van der Waals surface area contributed by atoms with Gasteiger partial charge in [0, 0.05) is 31.4 Å². The van der Waals surface area contributed by atoms with Crippen molar-refractivity contribution in [2.24, 2.45) is 0 Å². The molecule has 0 bridgehead atoms. The van der Waals surface area contributed by atoms with Crippen LogP contribution in [0.1, 0.15) is 23.7 Å². The summed E-state index contributed by atoms with van der Waals surface area (Å²) in [5, 5.41) is 2.98. The maximum Gasteiger partial charge on any atom is 0.253 e. The monoisotopic (exact) mass is 313 g/mol. The molecule has 0 aromatic heterocycles. The van der Waals surface area contributed by atoms with E-state index in [0.29, 0.717) is 24.2 Å². The average Bonchev–Trinajstić information content (AvgIpc) is 2.44. The molecule has 0 spiro atoms. The molecule has 1 rings (SSSR count). The number of likely N-dealkylation sites (N-methyl/N-ethyl adjacent to an activating group) is 2. The first kappa shape index (κ1) is 17.5. The van der Waals surface area contributed by atoms with Crippen LogP contribution in [0.2, 0.25) is 0 Å². The summed E-state index contributed by atoms with van der Waals surface area (Å²) in [6.07, 6.45) is 0.558. The number of anilines is 1. The topological polar surface area (TPSA) is 78.5 Å². The van der Waals surface area contributed by atoms with Crippen LogP contribution in [-0.2, 0) is 10.0 Å². The SMILES string of the molecule is CCCS(=O)(=O)Nc1ccc(C(=O)N(C)CCNC)cc1. The second-order valence-electron chi connectivity index (χ2n) is 4.83. The lowest BCUT2D eigenvalue weighted by atomic mass is 10.2. The van der Waals surface area contributed by atoms with Gasteiger partial charge in [-0.25, -0.2) is 8.42 Å². The molecule has 0 radical (unpaired) electrons. The number of carbonyl (C=O) groups is 1. The summed E-state index contributed by atoms with van der Waals surface area (Å²) in [5.74, 6) is -0.00585. The Morgan fingerprint density at radius 3 is 2.38 bits per heavy atom. The number of nitrogens with zero attached hydrogens (tertiary/aromatic N) is 1. The molecule has 118 valence electrons. The van der Waals surface area contributed by atoms with E-state index in [1.165, 1.54) is 0 Å². The largest absolute Gasteiger partial charge is 0.340 e. The van der Waals surface area contributed by atoms with Crippen LogP contribution in [0, 0.1) is 0 Å². The number of hydrogen-bond acceptors (Lipinski definition) is 4. The van der Waals surface area contributed by atoms with Crippen LogP contribution < -0.4 is 10.0 Å². The van der Waals surface area contributed by atoms with Crippen molar-refractivity contribution in [3.8, 4) is 0 Å². The van der Waals surface area contributed by atoms with Crippen LogP contribution in [0.25, 0.3) is 0 Å². The lowest BCUT2D eigenvalue weighted by molar-refractivity contribution is 0.0797. The third-order valence-corrected chi connectivity index (χ3v) is 4.41. The van der Waals surface area contributed by atoms with Crippen molar-refractivity contribution in [3.63, 3.8) is 0 Å². The van der Waals surface area contributed by atoms with Gasteiger partial charge in [0.2, 0.25) is 10.0 Å². The minimum Gasteiger partial charge on any atom is -0.340 e. The van der Waals surface area contributed by atoms with E-state index in [0.717, 1.165) is 6.54 Å². The average molecular weight is 313 g/mol. The van der Waals surface area contributed by atoms with Crippen LogP contribution in [0.15, 0.2) is 24.3 Å². The van der Waals surface area contributed by atoms with E-state index in [2.05, 4.69) is 10.0 Å². The van der Waals surface area contributed by atoms with Crippen LogP contribution in [-0.4, -0.2) is 52.2 Å². The maximum absolute atomic E-state index is 12.1. The molecule has 0 aliphatic rings. The maximum atomic E-state index is 12.1. The molecule has 0 atom stereocenters. The molecule has 0 aliphatic carbocycles.